The number of hydrogen-bond acceptors (Lipinski definition) is 3. The number of fused-ring (bicyclic) bond motifs is 1. The summed E-state index contributed by atoms with van der Waals surface area (Å²) in [6.07, 6.45) is 0. The first-order chi connectivity index (χ1) is 9.65. The first-order valence-corrected chi connectivity index (χ1v) is 8.20. The van der Waals surface area contributed by atoms with Crippen molar-refractivity contribution in [2.45, 2.75) is 27.3 Å². The molecule has 0 saturated carbocycles. The molecular weight excluding hydrogens is 313 g/mol. The average Bonchev–Trinajstić information content (AvgIpc) is 2.90. The van der Waals surface area contributed by atoms with E-state index >= 15 is 0 Å². The summed E-state index contributed by atoms with van der Waals surface area (Å²) in [4.78, 5) is 0. The van der Waals surface area contributed by atoms with Crippen LogP contribution in [0.4, 0.5) is 5.69 Å². The van der Waals surface area contributed by atoms with Crippen molar-refractivity contribution in [1.82, 2.24) is 7.96 Å². The van der Waals surface area contributed by atoms with E-state index in [4.69, 9.17) is 0 Å². The van der Waals surface area contributed by atoms with Crippen molar-refractivity contribution in [2.75, 3.05) is 5.32 Å². The molecule has 1 aromatic heterocycles. The Kier molecular flexibility index (Phi) is 3.60. The quantitative estimate of drug-likeness (QED) is 0.749. The summed E-state index contributed by atoms with van der Waals surface area (Å²) in [5.41, 5.74) is 8.49. The van der Waals surface area contributed by atoms with Crippen molar-refractivity contribution in [3.05, 3.63) is 52.6 Å². The van der Waals surface area contributed by atoms with Crippen LogP contribution in [0.3, 0.4) is 0 Å². The number of aryl methyl sites for hydroxylation is 3. The van der Waals surface area contributed by atoms with Crippen LogP contribution < -0.4 is 5.32 Å². The molecule has 0 unspecified atom stereocenters. The molecule has 0 amide bonds. The van der Waals surface area contributed by atoms with Gasteiger partial charge in [-0.1, -0.05) is 0 Å². The molecular formula is C16H17N3Se. The molecule has 0 saturated heterocycles. The van der Waals surface area contributed by atoms with Gasteiger partial charge >= 0.3 is 125 Å². The van der Waals surface area contributed by atoms with Crippen LogP contribution in [-0.2, 0) is 6.54 Å². The number of hydrogen-bond donors (Lipinski definition) is 1. The Morgan fingerprint density at radius 2 is 1.80 bits per heavy atom. The van der Waals surface area contributed by atoms with E-state index in [9.17, 15) is 0 Å². The number of nitrogens with one attached hydrogen (secondary N) is 1. The van der Waals surface area contributed by atoms with Crippen molar-refractivity contribution in [3.8, 4) is 0 Å². The summed E-state index contributed by atoms with van der Waals surface area (Å²) in [5, 5.41) is 3.51. The molecule has 20 heavy (non-hydrogen) atoms. The van der Waals surface area contributed by atoms with E-state index in [1.165, 1.54) is 22.3 Å². The van der Waals surface area contributed by atoms with Gasteiger partial charge in [-0.2, -0.15) is 0 Å². The van der Waals surface area contributed by atoms with Gasteiger partial charge in [0, 0.05) is 0 Å². The van der Waals surface area contributed by atoms with Crippen LogP contribution >= 0.6 is 0 Å². The van der Waals surface area contributed by atoms with E-state index in [0.29, 0.717) is 0 Å². The van der Waals surface area contributed by atoms with E-state index in [2.05, 4.69) is 52.2 Å². The molecule has 0 aliphatic carbocycles. The van der Waals surface area contributed by atoms with Crippen LogP contribution in [-0.4, -0.2) is 22.9 Å². The molecule has 0 bridgehead atoms. The normalized spacial score (nSPS) is 10.9. The summed E-state index contributed by atoms with van der Waals surface area (Å²) in [6, 6.07) is 10.7. The molecule has 2 aromatic carbocycles. The van der Waals surface area contributed by atoms with Gasteiger partial charge in [-0.05, 0) is 0 Å². The predicted octanol–water partition coefficient (Wildman–Crippen LogP) is 3.22. The van der Waals surface area contributed by atoms with Gasteiger partial charge in [-0.15, -0.1) is 0 Å². The fourth-order valence-electron chi connectivity index (χ4n) is 2.35. The van der Waals surface area contributed by atoms with Gasteiger partial charge in [0.15, 0.2) is 0 Å². The summed E-state index contributed by atoms with van der Waals surface area (Å²) in [6.45, 7) is 7.31. The van der Waals surface area contributed by atoms with Crippen molar-refractivity contribution >= 4 is 31.7 Å². The summed E-state index contributed by atoms with van der Waals surface area (Å²) < 4.78 is 8.91. The van der Waals surface area contributed by atoms with E-state index in [-0.39, 0.29) is 15.0 Å². The van der Waals surface area contributed by atoms with Crippen LogP contribution in [0, 0.1) is 20.8 Å². The number of anilines is 1. The topological polar surface area (TPSA) is 37.8 Å². The Bertz CT molecular complexity index is 762. The fourth-order valence-corrected chi connectivity index (χ4v) is 3.50. The van der Waals surface area contributed by atoms with Gasteiger partial charge in [0.1, 0.15) is 0 Å². The van der Waals surface area contributed by atoms with Gasteiger partial charge in [0.2, 0.25) is 0 Å². The van der Waals surface area contributed by atoms with Crippen molar-refractivity contribution in [2.24, 2.45) is 0 Å². The van der Waals surface area contributed by atoms with Crippen molar-refractivity contribution < 1.29 is 0 Å². The zero-order valence-corrected chi connectivity index (χ0v) is 13.6. The molecule has 0 aliphatic rings. The molecule has 0 aliphatic heterocycles. The van der Waals surface area contributed by atoms with E-state index < -0.39 is 0 Å². The third kappa shape index (κ3) is 2.49. The second kappa shape index (κ2) is 5.39. The minimum absolute atomic E-state index is 0.0243. The first kappa shape index (κ1) is 13.3. The molecule has 3 rings (SSSR count). The van der Waals surface area contributed by atoms with Crippen molar-refractivity contribution in [1.29, 1.82) is 0 Å². The SMILES string of the molecule is Cc1cc(C)c(CNc2cccc3n[se]nc23)cc1C. The maximum absolute atomic E-state index is 4.50. The van der Waals surface area contributed by atoms with Gasteiger partial charge in [0.05, 0.1) is 0 Å². The molecule has 4 heteroatoms. The average molecular weight is 330 g/mol. The van der Waals surface area contributed by atoms with Crippen LogP contribution in [0.15, 0.2) is 30.3 Å². The Labute approximate surface area is 125 Å². The monoisotopic (exact) mass is 331 g/mol. The molecule has 0 radical (unpaired) electrons. The Hall–Kier alpha value is -1.64. The fraction of sp³-hybridized carbons (Fsp3) is 0.250. The van der Waals surface area contributed by atoms with Crippen LogP contribution in [0.25, 0.3) is 11.0 Å². The second-order valence-corrected chi connectivity index (χ2v) is 6.26. The van der Waals surface area contributed by atoms with Gasteiger partial charge < -0.3 is 0 Å². The van der Waals surface area contributed by atoms with Gasteiger partial charge in [-0.25, -0.2) is 0 Å². The number of aromatic nitrogens is 2. The Balaban J connectivity index is 1.86. The second-order valence-electron chi connectivity index (χ2n) is 5.15. The predicted molar refractivity (Wildman–Crippen MR) is 84.5 cm³/mol. The molecule has 3 nitrogen and oxygen atoms in total. The van der Waals surface area contributed by atoms with E-state index in [1.807, 2.05) is 12.1 Å². The van der Waals surface area contributed by atoms with Gasteiger partial charge in [0.25, 0.3) is 0 Å². The summed E-state index contributed by atoms with van der Waals surface area (Å²) in [7, 11) is 0. The van der Waals surface area contributed by atoms with Crippen LogP contribution in [0.5, 0.6) is 0 Å². The van der Waals surface area contributed by atoms with Crippen LogP contribution in [0.1, 0.15) is 22.3 Å². The third-order valence-electron chi connectivity index (χ3n) is 3.71. The van der Waals surface area contributed by atoms with E-state index in [0.717, 1.165) is 23.3 Å². The zero-order valence-electron chi connectivity index (χ0n) is 11.9. The molecule has 1 N–H and O–H groups in total. The van der Waals surface area contributed by atoms with Crippen molar-refractivity contribution in [3.63, 3.8) is 0 Å². The summed E-state index contributed by atoms with van der Waals surface area (Å²) >= 11 is 0.0243. The minimum atomic E-state index is 0.0243. The zero-order chi connectivity index (χ0) is 14.1. The Morgan fingerprint density at radius 1 is 1.00 bits per heavy atom. The molecule has 3 aromatic rings. The van der Waals surface area contributed by atoms with E-state index in [1.54, 1.807) is 0 Å². The number of nitrogens with zero attached hydrogens (tertiary/aromatic N) is 2. The Morgan fingerprint density at radius 3 is 2.65 bits per heavy atom. The number of rotatable bonds is 3. The molecule has 0 spiro atoms. The standard InChI is InChI=1S/C16H17N3Se/c1-10-7-12(3)13(8-11(10)2)9-17-14-5-4-6-15-16(14)19-20-18-15/h4-8,17H,9H2,1-3H3. The van der Waals surface area contributed by atoms with Crippen LogP contribution in [0.2, 0.25) is 0 Å². The molecule has 0 atom stereocenters. The third-order valence-corrected chi connectivity index (χ3v) is 4.85. The number of benzene rings is 2. The maximum atomic E-state index is 4.50. The first-order valence-electron chi connectivity index (χ1n) is 6.67. The van der Waals surface area contributed by atoms with Gasteiger partial charge in [-0.3, -0.25) is 0 Å². The molecule has 102 valence electrons. The molecule has 0 fully saturated rings. The molecule has 1 heterocycles. The summed E-state index contributed by atoms with van der Waals surface area (Å²) in [5.74, 6) is 0.